The van der Waals surface area contributed by atoms with Crippen molar-refractivity contribution in [3.63, 3.8) is 0 Å². The summed E-state index contributed by atoms with van der Waals surface area (Å²) in [5, 5.41) is 19.9. The first kappa shape index (κ1) is 22.8. The summed E-state index contributed by atoms with van der Waals surface area (Å²) in [5.74, 6) is 0.199. The average Bonchev–Trinajstić information content (AvgIpc) is 2.97. The van der Waals surface area contributed by atoms with Crippen molar-refractivity contribution in [1.82, 2.24) is 9.47 Å². The highest BCUT2D eigenvalue weighted by atomic mass is 35.5. The van der Waals surface area contributed by atoms with Crippen LogP contribution in [0.4, 0.5) is 5.69 Å². The number of nitrogens with zero attached hydrogens (tertiary/aromatic N) is 4. The fourth-order valence-electron chi connectivity index (χ4n) is 3.32. The van der Waals surface area contributed by atoms with Crippen molar-refractivity contribution in [2.45, 2.75) is 33.4 Å². The molecule has 0 atom stereocenters. The zero-order valence-electron chi connectivity index (χ0n) is 18.4. The van der Waals surface area contributed by atoms with Gasteiger partial charge in [0.25, 0.3) is 0 Å². The lowest BCUT2D eigenvalue weighted by Gasteiger charge is -2.15. The van der Waals surface area contributed by atoms with Crippen molar-refractivity contribution in [1.29, 1.82) is 0 Å². The SMILES string of the molecule is Cc1cc(OCC(=O)N=Nc2c(O)n(CN(C)C)c3ccccc23)c(C(C)C)cc1Cl. The lowest BCUT2D eigenvalue weighted by molar-refractivity contribution is -0.120. The van der Waals surface area contributed by atoms with E-state index in [2.05, 4.69) is 10.2 Å². The van der Waals surface area contributed by atoms with Gasteiger partial charge in [-0.2, -0.15) is 0 Å². The van der Waals surface area contributed by atoms with Gasteiger partial charge in [-0.3, -0.25) is 14.3 Å². The first-order chi connectivity index (χ1) is 14.7. The number of halogens is 1. The Morgan fingerprint density at radius 3 is 2.65 bits per heavy atom. The molecule has 31 heavy (non-hydrogen) atoms. The minimum absolute atomic E-state index is 0.0391. The molecule has 0 saturated heterocycles. The molecular weight excluding hydrogens is 416 g/mol. The van der Waals surface area contributed by atoms with E-state index in [1.54, 1.807) is 4.57 Å². The van der Waals surface area contributed by atoms with Gasteiger partial charge >= 0.3 is 5.91 Å². The first-order valence-corrected chi connectivity index (χ1v) is 10.4. The zero-order chi connectivity index (χ0) is 22.7. The van der Waals surface area contributed by atoms with Gasteiger partial charge in [-0.05, 0) is 56.3 Å². The maximum absolute atomic E-state index is 12.3. The number of hydrogen-bond acceptors (Lipinski definition) is 5. The van der Waals surface area contributed by atoms with Crippen molar-refractivity contribution >= 4 is 34.1 Å². The van der Waals surface area contributed by atoms with Gasteiger partial charge in [0.2, 0.25) is 5.88 Å². The minimum Gasteiger partial charge on any atom is -0.493 e. The Kier molecular flexibility index (Phi) is 6.97. The van der Waals surface area contributed by atoms with E-state index in [4.69, 9.17) is 16.3 Å². The van der Waals surface area contributed by atoms with Gasteiger partial charge in [-0.15, -0.1) is 10.2 Å². The van der Waals surface area contributed by atoms with Crippen LogP contribution < -0.4 is 4.74 Å². The van der Waals surface area contributed by atoms with Crippen LogP contribution in [0, 0.1) is 6.92 Å². The average molecular weight is 443 g/mol. The van der Waals surface area contributed by atoms with Crippen LogP contribution in [0.25, 0.3) is 10.9 Å². The molecule has 0 radical (unpaired) electrons. The van der Waals surface area contributed by atoms with E-state index in [-0.39, 0.29) is 24.1 Å². The van der Waals surface area contributed by atoms with Crippen molar-refractivity contribution in [2.24, 2.45) is 10.2 Å². The molecule has 0 bridgehead atoms. The normalized spacial score (nSPS) is 11.9. The molecule has 1 N–H and O–H groups in total. The Labute approximate surface area is 186 Å². The van der Waals surface area contributed by atoms with E-state index >= 15 is 0 Å². The third-order valence-electron chi connectivity index (χ3n) is 4.87. The molecule has 1 heterocycles. The highest BCUT2D eigenvalue weighted by Gasteiger charge is 2.17. The Bertz CT molecular complexity index is 1140. The number of amides is 1. The Morgan fingerprint density at radius 1 is 1.26 bits per heavy atom. The molecule has 8 heteroatoms. The summed E-state index contributed by atoms with van der Waals surface area (Å²) in [7, 11) is 3.81. The summed E-state index contributed by atoms with van der Waals surface area (Å²) in [6.07, 6.45) is 0. The van der Waals surface area contributed by atoms with Gasteiger partial charge in [0.1, 0.15) is 5.75 Å². The standard InChI is InChI=1S/C23H27ClN4O3/c1-14(2)17-11-18(24)15(3)10-20(17)31-12-21(29)25-26-22-16-8-6-7-9-19(16)28(23(22)30)13-27(4)5/h6-11,14,30H,12-13H2,1-5H3. The molecule has 3 rings (SSSR count). The minimum atomic E-state index is -0.550. The van der Waals surface area contributed by atoms with Crippen LogP contribution in [-0.2, 0) is 11.5 Å². The smallest absolute Gasteiger partial charge is 0.302 e. The summed E-state index contributed by atoms with van der Waals surface area (Å²) < 4.78 is 7.44. The number of aromatic hydroxyl groups is 1. The molecule has 0 spiro atoms. The van der Waals surface area contributed by atoms with Crippen molar-refractivity contribution in [2.75, 3.05) is 20.7 Å². The van der Waals surface area contributed by atoms with Crippen LogP contribution >= 0.6 is 11.6 Å². The fraction of sp³-hybridized carbons (Fsp3) is 0.348. The highest BCUT2D eigenvalue weighted by molar-refractivity contribution is 6.31. The quantitative estimate of drug-likeness (QED) is 0.480. The molecular formula is C23H27ClN4O3. The molecule has 1 aromatic heterocycles. The Morgan fingerprint density at radius 2 is 1.97 bits per heavy atom. The number of rotatable bonds is 7. The van der Waals surface area contributed by atoms with E-state index in [0.717, 1.165) is 22.0 Å². The molecule has 0 aliphatic rings. The first-order valence-electron chi connectivity index (χ1n) is 10.0. The number of ether oxygens (including phenoxy) is 1. The van der Waals surface area contributed by atoms with E-state index in [1.165, 1.54) is 0 Å². The second-order valence-corrected chi connectivity index (χ2v) is 8.42. The van der Waals surface area contributed by atoms with Crippen molar-refractivity contribution in [3.05, 3.63) is 52.5 Å². The number of azo groups is 1. The van der Waals surface area contributed by atoms with Gasteiger partial charge in [0, 0.05) is 10.4 Å². The molecule has 0 aliphatic heterocycles. The largest absolute Gasteiger partial charge is 0.493 e. The molecule has 164 valence electrons. The summed E-state index contributed by atoms with van der Waals surface area (Å²) in [5.41, 5.74) is 2.86. The second-order valence-electron chi connectivity index (χ2n) is 8.01. The molecule has 0 saturated carbocycles. The van der Waals surface area contributed by atoms with Crippen molar-refractivity contribution in [3.8, 4) is 11.6 Å². The lowest BCUT2D eigenvalue weighted by Crippen LogP contribution is -2.16. The van der Waals surface area contributed by atoms with Crippen LogP contribution in [0.2, 0.25) is 5.02 Å². The summed E-state index contributed by atoms with van der Waals surface area (Å²) >= 11 is 6.22. The van der Waals surface area contributed by atoms with E-state index in [0.29, 0.717) is 17.4 Å². The maximum Gasteiger partial charge on any atom is 0.302 e. The van der Waals surface area contributed by atoms with Crippen LogP contribution in [0.3, 0.4) is 0 Å². The third kappa shape index (κ3) is 5.06. The lowest BCUT2D eigenvalue weighted by atomic mass is 10.0. The van der Waals surface area contributed by atoms with Crippen LogP contribution in [0.15, 0.2) is 46.6 Å². The maximum atomic E-state index is 12.3. The van der Waals surface area contributed by atoms with Gasteiger partial charge in [0.15, 0.2) is 12.3 Å². The van der Waals surface area contributed by atoms with Gasteiger partial charge in [-0.25, -0.2) is 0 Å². The zero-order valence-corrected chi connectivity index (χ0v) is 19.1. The molecule has 7 nitrogen and oxygen atoms in total. The molecule has 1 amide bonds. The van der Waals surface area contributed by atoms with Gasteiger partial charge in [-0.1, -0.05) is 43.6 Å². The molecule has 2 aromatic carbocycles. The number of aryl methyl sites for hydroxylation is 1. The number of aromatic nitrogens is 1. The molecule has 0 fully saturated rings. The predicted molar refractivity (Wildman–Crippen MR) is 123 cm³/mol. The second kappa shape index (κ2) is 9.49. The van der Waals surface area contributed by atoms with E-state index < -0.39 is 5.91 Å². The predicted octanol–water partition coefficient (Wildman–Crippen LogP) is 5.64. The van der Waals surface area contributed by atoms with Crippen LogP contribution in [0.1, 0.15) is 30.9 Å². The number of fused-ring (bicyclic) bond motifs is 1. The number of para-hydroxylation sites is 1. The Hall–Kier alpha value is -2.90. The fourth-order valence-corrected chi connectivity index (χ4v) is 3.49. The summed E-state index contributed by atoms with van der Waals surface area (Å²) in [6.45, 7) is 6.14. The van der Waals surface area contributed by atoms with Gasteiger partial charge < -0.3 is 9.84 Å². The number of carbonyl (C=O) groups excluding carboxylic acids is 1. The van der Waals surface area contributed by atoms with E-state index in [1.807, 2.05) is 76.2 Å². The Balaban J connectivity index is 1.81. The molecule has 0 aliphatic carbocycles. The van der Waals surface area contributed by atoms with Gasteiger partial charge in [0.05, 0.1) is 12.2 Å². The third-order valence-corrected chi connectivity index (χ3v) is 5.27. The molecule has 0 unspecified atom stereocenters. The van der Waals surface area contributed by atoms with E-state index in [9.17, 15) is 9.90 Å². The molecule has 3 aromatic rings. The monoisotopic (exact) mass is 442 g/mol. The summed E-state index contributed by atoms with van der Waals surface area (Å²) in [4.78, 5) is 14.3. The number of benzene rings is 2. The van der Waals surface area contributed by atoms with Crippen LogP contribution in [-0.4, -0.2) is 41.2 Å². The van der Waals surface area contributed by atoms with Crippen molar-refractivity contribution < 1.29 is 14.6 Å². The highest BCUT2D eigenvalue weighted by Crippen LogP contribution is 2.39. The summed E-state index contributed by atoms with van der Waals surface area (Å²) in [6, 6.07) is 11.1. The van der Waals surface area contributed by atoms with Crippen LogP contribution in [0.5, 0.6) is 11.6 Å². The number of carbonyl (C=O) groups is 1. The topological polar surface area (TPSA) is 79.4 Å². The number of hydrogen-bond donors (Lipinski definition) is 1.